The van der Waals surface area contributed by atoms with Gasteiger partial charge in [-0.2, -0.15) is 0 Å². The van der Waals surface area contributed by atoms with Crippen LogP contribution in [0.1, 0.15) is 36.7 Å². The molecular weight excluding hydrogens is 538 g/mol. The molecule has 1 saturated heterocycles. The Kier molecular flexibility index (Phi) is 5.88. The van der Waals surface area contributed by atoms with Gasteiger partial charge in [0, 0.05) is 37.6 Å². The Labute approximate surface area is 242 Å². The van der Waals surface area contributed by atoms with Gasteiger partial charge in [0.15, 0.2) is 11.5 Å². The standard InChI is InChI=1S/C33H30ClN3O4/c1-33(25-9-10-26(34)24-14-18-39-31(24)25)40-29-8-4-5-23(32(29)41-33)21-11-15-36(16-12-21)20-30-35-27-6-2-3-7-28(27)37(30)19-22-13-17-38-22/h2-11,14,18,22H,12-13,15-17,19-20H2,1H3/t22-,33?/m0/s1. The summed E-state index contributed by atoms with van der Waals surface area (Å²) in [7, 11) is 0. The number of para-hydroxylation sites is 3. The number of hydrogen-bond donors (Lipinski definition) is 0. The predicted octanol–water partition coefficient (Wildman–Crippen LogP) is 7.16. The Bertz CT molecular complexity index is 1820. The second kappa shape index (κ2) is 9.65. The lowest BCUT2D eigenvalue weighted by molar-refractivity contribution is -0.0674. The van der Waals surface area contributed by atoms with Gasteiger partial charge in [-0.15, -0.1) is 0 Å². The minimum atomic E-state index is -1.02. The van der Waals surface area contributed by atoms with Crippen molar-refractivity contribution in [3.8, 4) is 11.5 Å². The predicted molar refractivity (Wildman–Crippen MR) is 158 cm³/mol. The van der Waals surface area contributed by atoms with Crippen LogP contribution in [0, 0.1) is 0 Å². The lowest BCUT2D eigenvalue weighted by atomic mass is 9.98. The van der Waals surface area contributed by atoms with E-state index in [4.69, 9.17) is 35.2 Å². The number of rotatable bonds is 6. The third kappa shape index (κ3) is 4.22. The third-order valence-electron chi connectivity index (χ3n) is 8.55. The molecule has 0 aliphatic carbocycles. The molecular formula is C33H30ClN3O4. The van der Waals surface area contributed by atoms with Gasteiger partial charge in [-0.25, -0.2) is 4.98 Å². The third-order valence-corrected chi connectivity index (χ3v) is 8.88. The summed E-state index contributed by atoms with van der Waals surface area (Å²) in [4.78, 5) is 7.46. The van der Waals surface area contributed by atoms with E-state index in [0.717, 1.165) is 85.0 Å². The van der Waals surface area contributed by atoms with Crippen molar-refractivity contribution in [2.45, 2.75) is 44.7 Å². The molecule has 5 heterocycles. The maximum atomic E-state index is 6.60. The number of hydrogen-bond acceptors (Lipinski definition) is 6. The van der Waals surface area contributed by atoms with E-state index in [1.165, 1.54) is 11.1 Å². The zero-order valence-electron chi connectivity index (χ0n) is 22.8. The molecule has 1 fully saturated rings. The summed E-state index contributed by atoms with van der Waals surface area (Å²) in [5, 5.41) is 1.48. The van der Waals surface area contributed by atoms with Gasteiger partial charge in [0.25, 0.3) is 5.79 Å². The minimum Gasteiger partial charge on any atom is -0.464 e. The van der Waals surface area contributed by atoms with Gasteiger partial charge in [0.1, 0.15) is 11.4 Å². The molecule has 7 nitrogen and oxygen atoms in total. The van der Waals surface area contributed by atoms with Crippen LogP contribution in [0.5, 0.6) is 11.5 Å². The SMILES string of the molecule is CC1(c2ccc(Cl)c3ccoc23)Oc2cccc(C3=CCN(Cc4nc5ccccc5n4C[C@@H]4CCO4)CC3)c2O1. The van der Waals surface area contributed by atoms with Crippen LogP contribution >= 0.6 is 11.6 Å². The molecule has 208 valence electrons. The first kappa shape index (κ1) is 25.0. The van der Waals surface area contributed by atoms with Gasteiger partial charge in [-0.05, 0) is 54.8 Å². The van der Waals surface area contributed by atoms with Crippen molar-refractivity contribution in [1.82, 2.24) is 14.5 Å². The minimum absolute atomic E-state index is 0.282. The smallest absolute Gasteiger partial charge is 0.279 e. The van der Waals surface area contributed by atoms with E-state index in [2.05, 4.69) is 45.9 Å². The molecule has 3 aliphatic rings. The van der Waals surface area contributed by atoms with Crippen molar-refractivity contribution in [1.29, 1.82) is 0 Å². The van der Waals surface area contributed by atoms with Gasteiger partial charge >= 0.3 is 0 Å². The molecule has 0 spiro atoms. The monoisotopic (exact) mass is 567 g/mol. The van der Waals surface area contributed by atoms with E-state index < -0.39 is 5.79 Å². The molecule has 0 radical (unpaired) electrons. The summed E-state index contributed by atoms with van der Waals surface area (Å²) < 4.78 is 26.9. The number of aromatic nitrogens is 2. The molecule has 5 aromatic rings. The molecule has 0 saturated carbocycles. The fraction of sp³-hybridized carbons (Fsp3) is 0.303. The highest BCUT2D eigenvalue weighted by atomic mass is 35.5. The molecule has 8 heteroatoms. The molecule has 0 amide bonds. The molecule has 8 rings (SSSR count). The largest absolute Gasteiger partial charge is 0.464 e. The summed E-state index contributed by atoms with van der Waals surface area (Å²) >= 11 is 6.40. The molecule has 1 unspecified atom stereocenters. The summed E-state index contributed by atoms with van der Waals surface area (Å²) in [5.41, 5.74) is 6.05. The van der Waals surface area contributed by atoms with Crippen molar-refractivity contribution in [3.63, 3.8) is 0 Å². The number of benzene rings is 3. The number of furan rings is 1. The molecule has 2 aromatic heterocycles. The Morgan fingerprint density at radius 3 is 2.78 bits per heavy atom. The molecule has 0 bridgehead atoms. The van der Waals surface area contributed by atoms with Gasteiger partial charge in [0.05, 0.1) is 47.1 Å². The van der Waals surface area contributed by atoms with Crippen LogP contribution < -0.4 is 9.47 Å². The van der Waals surface area contributed by atoms with Crippen molar-refractivity contribution in [2.24, 2.45) is 0 Å². The van der Waals surface area contributed by atoms with Gasteiger partial charge in [0.2, 0.25) is 0 Å². The summed E-state index contributed by atoms with van der Waals surface area (Å²) in [6.07, 6.45) is 6.26. The Balaban J connectivity index is 1.04. The maximum absolute atomic E-state index is 6.60. The first-order chi connectivity index (χ1) is 20.1. The number of imidazole rings is 1. The molecule has 2 atom stereocenters. The van der Waals surface area contributed by atoms with Gasteiger partial charge in [-0.3, -0.25) is 4.90 Å². The van der Waals surface area contributed by atoms with Crippen molar-refractivity contribution in [2.75, 3.05) is 19.7 Å². The number of fused-ring (bicyclic) bond motifs is 3. The van der Waals surface area contributed by atoms with Crippen LogP contribution in [0.15, 0.2) is 77.4 Å². The van der Waals surface area contributed by atoms with E-state index in [1.54, 1.807) is 6.26 Å². The van der Waals surface area contributed by atoms with Crippen molar-refractivity contribution < 1.29 is 18.6 Å². The average Bonchev–Trinajstić information content (AvgIpc) is 3.67. The van der Waals surface area contributed by atoms with E-state index in [-0.39, 0.29) is 6.10 Å². The van der Waals surface area contributed by atoms with Crippen LogP contribution in [0.25, 0.3) is 27.6 Å². The second-order valence-corrected chi connectivity index (χ2v) is 11.6. The number of nitrogens with zero attached hydrogens (tertiary/aromatic N) is 3. The summed E-state index contributed by atoms with van der Waals surface area (Å²) in [6.45, 7) is 6.21. The van der Waals surface area contributed by atoms with Crippen LogP contribution in [-0.4, -0.2) is 40.3 Å². The Hall–Kier alpha value is -3.78. The number of ether oxygens (including phenoxy) is 3. The van der Waals surface area contributed by atoms with Gasteiger partial charge < -0.3 is 23.2 Å². The second-order valence-electron chi connectivity index (χ2n) is 11.2. The highest BCUT2D eigenvalue weighted by molar-refractivity contribution is 6.35. The van der Waals surface area contributed by atoms with Gasteiger partial charge in [-0.1, -0.05) is 41.9 Å². The molecule has 3 aromatic carbocycles. The normalized spacial score (nSPS) is 22.3. The van der Waals surface area contributed by atoms with E-state index in [1.807, 2.05) is 37.3 Å². The first-order valence-electron chi connectivity index (χ1n) is 14.2. The van der Waals surface area contributed by atoms with Crippen LogP contribution in [-0.2, 0) is 23.6 Å². The Morgan fingerprint density at radius 1 is 1.05 bits per heavy atom. The summed E-state index contributed by atoms with van der Waals surface area (Å²) in [5.74, 6) is 1.57. The zero-order valence-corrected chi connectivity index (χ0v) is 23.6. The van der Waals surface area contributed by atoms with Crippen LogP contribution in [0.4, 0.5) is 0 Å². The van der Waals surface area contributed by atoms with E-state index in [0.29, 0.717) is 10.6 Å². The fourth-order valence-electron chi connectivity index (χ4n) is 6.26. The van der Waals surface area contributed by atoms with E-state index in [9.17, 15) is 0 Å². The maximum Gasteiger partial charge on any atom is 0.279 e. The lowest BCUT2D eigenvalue weighted by Gasteiger charge is -2.29. The topological polar surface area (TPSA) is 61.9 Å². The van der Waals surface area contributed by atoms with Crippen LogP contribution in [0.2, 0.25) is 5.02 Å². The highest BCUT2D eigenvalue weighted by Crippen LogP contribution is 2.50. The molecule has 41 heavy (non-hydrogen) atoms. The zero-order chi connectivity index (χ0) is 27.6. The molecule has 3 aliphatic heterocycles. The van der Waals surface area contributed by atoms with Crippen LogP contribution in [0.3, 0.4) is 0 Å². The lowest BCUT2D eigenvalue weighted by Crippen LogP contribution is -2.33. The average molecular weight is 568 g/mol. The quantitative estimate of drug-likeness (QED) is 0.217. The van der Waals surface area contributed by atoms with Crippen molar-refractivity contribution >= 4 is 39.2 Å². The number of halogens is 1. The molecule has 0 N–H and O–H groups in total. The highest BCUT2D eigenvalue weighted by Gasteiger charge is 2.42. The van der Waals surface area contributed by atoms with E-state index >= 15 is 0 Å². The van der Waals surface area contributed by atoms with Crippen molar-refractivity contribution in [3.05, 3.63) is 95.0 Å². The Morgan fingerprint density at radius 2 is 1.95 bits per heavy atom. The first-order valence-corrected chi connectivity index (χ1v) is 14.6. The fourth-order valence-corrected chi connectivity index (χ4v) is 6.47. The summed E-state index contributed by atoms with van der Waals surface area (Å²) in [6, 6.07) is 20.2.